The SMILES string of the molecule is CCCOc1ccc2cc1C(OCCC)(OCCC)c1cccc(c1)Cc1cccc(c1)Cc1cccc(c1)C2. The molecule has 3 nitrogen and oxygen atoms in total. The summed E-state index contributed by atoms with van der Waals surface area (Å²) in [6.45, 7) is 8.22. The molecular weight excluding hydrogens is 492 g/mol. The predicted octanol–water partition coefficient (Wildman–Crippen LogP) is 8.62. The van der Waals surface area contributed by atoms with Gasteiger partial charge < -0.3 is 14.2 Å². The average Bonchev–Trinajstić information content (AvgIpc) is 2.97. The lowest BCUT2D eigenvalue weighted by Crippen LogP contribution is -2.36. The number of ether oxygens (including phenoxy) is 3. The molecule has 40 heavy (non-hydrogen) atoms. The summed E-state index contributed by atoms with van der Waals surface area (Å²) in [5.41, 5.74) is 9.68. The number of benzene rings is 4. The highest BCUT2D eigenvalue weighted by Crippen LogP contribution is 2.42. The van der Waals surface area contributed by atoms with Crippen LogP contribution >= 0.6 is 0 Å². The molecule has 0 atom stereocenters. The van der Waals surface area contributed by atoms with Crippen LogP contribution in [-0.2, 0) is 34.5 Å². The van der Waals surface area contributed by atoms with Gasteiger partial charge in [0.05, 0.1) is 25.4 Å². The highest BCUT2D eigenvalue weighted by atomic mass is 16.7. The second-order valence-electron chi connectivity index (χ2n) is 10.9. The molecule has 0 heterocycles. The summed E-state index contributed by atoms with van der Waals surface area (Å²) in [6.07, 6.45) is 5.31. The smallest absolute Gasteiger partial charge is 0.226 e. The van der Waals surface area contributed by atoms with Crippen LogP contribution in [0, 0.1) is 0 Å². The number of rotatable bonds is 9. The van der Waals surface area contributed by atoms with Crippen LogP contribution in [0.5, 0.6) is 5.75 Å². The van der Waals surface area contributed by atoms with Gasteiger partial charge in [0, 0.05) is 5.56 Å². The molecule has 0 saturated heterocycles. The van der Waals surface area contributed by atoms with Crippen molar-refractivity contribution >= 4 is 0 Å². The monoisotopic (exact) mass is 534 g/mol. The van der Waals surface area contributed by atoms with Crippen molar-refractivity contribution in [2.45, 2.75) is 65.1 Å². The Hall–Kier alpha value is -3.40. The molecule has 0 fully saturated rings. The van der Waals surface area contributed by atoms with Crippen LogP contribution in [-0.4, -0.2) is 19.8 Å². The molecule has 0 N–H and O–H groups in total. The van der Waals surface area contributed by atoms with Crippen molar-refractivity contribution in [2.24, 2.45) is 0 Å². The van der Waals surface area contributed by atoms with Crippen LogP contribution in [0.15, 0.2) is 91.0 Å². The van der Waals surface area contributed by atoms with Crippen LogP contribution in [0.4, 0.5) is 0 Å². The minimum atomic E-state index is -1.07. The third-order valence-corrected chi connectivity index (χ3v) is 7.39. The molecule has 0 aliphatic heterocycles. The summed E-state index contributed by atoms with van der Waals surface area (Å²) in [6, 6.07) is 33.3. The van der Waals surface area contributed by atoms with Crippen molar-refractivity contribution < 1.29 is 14.2 Å². The first kappa shape index (κ1) is 28.1. The number of fused-ring (bicyclic) bond motifs is 8. The average molecular weight is 535 g/mol. The molecule has 4 aromatic carbocycles. The van der Waals surface area contributed by atoms with Gasteiger partial charge in [-0.3, -0.25) is 0 Å². The molecule has 1 aliphatic carbocycles. The van der Waals surface area contributed by atoms with Gasteiger partial charge >= 0.3 is 0 Å². The number of hydrogen-bond acceptors (Lipinski definition) is 3. The van der Waals surface area contributed by atoms with Gasteiger partial charge in [0.25, 0.3) is 0 Å². The minimum Gasteiger partial charge on any atom is -0.493 e. The Bertz CT molecular complexity index is 1400. The van der Waals surface area contributed by atoms with E-state index in [1.165, 1.54) is 33.4 Å². The van der Waals surface area contributed by atoms with Crippen LogP contribution in [0.25, 0.3) is 0 Å². The molecule has 8 bridgehead atoms. The third kappa shape index (κ3) is 6.49. The summed E-state index contributed by atoms with van der Waals surface area (Å²) >= 11 is 0. The predicted molar refractivity (Wildman–Crippen MR) is 163 cm³/mol. The molecule has 0 spiro atoms. The maximum absolute atomic E-state index is 6.81. The fourth-order valence-electron chi connectivity index (χ4n) is 5.59. The molecule has 0 radical (unpaired) electrons. The van der Waals surface area contributed by atoms with Gasteiger partial charge in [0.15, 0.2) is 0 Å². The number of hydrogen-bond donors (Lipinski definition) is 0. The minimum absolute atomic E-state index is 0.579. The zero-order valence-electron chi connectivity index (χ0n) is 24.2. The van der Waals surface area contributed by atoms with Crippen LogP contribution in [0.2, 0.25) is 0 Å². The summed E-state index contributed by atoms with van der Waals surface area (Å²) in [7, 11) is 0. The maximum atomic E-state index is 6.81. The Balaban J connectivity index is 1.74. The molecule has 3 heteroatoms. The lowest BCUT2D eigenvalue weighted by Gasteiger charge is -2.36. The molecule has 0 aromatic heterocycles. The van der Waals surface area contributed by atoms with Crippen molar-refractivity contribution in [3.05, 3.63) is 136 Å². The lowest BCUT2D eigenvalue weighted by molar-refractivity contribution is -0.219. The fourth-order valence-corrected chi connectivity index (χ4v) is 5.59. The van der Waals surface area contributed by atoms with Gasteiger partial charge in [-0.1, -0.05) is 93.6 Å². The zero-order chi connectivity index (χ0) is 27.8. The topological polar surface area (TPSA) is 27.7 Å². The van der Waals surface area contributed by atoms with E-state index in [0.29, 0.717) is 19.8 Å². The van der Waals surface area contributed by atoms with Crippen LogP contribution in [0.1, 0.15) is 84.5 Å². The van der Waals surface area contributed by atoms with Crippen molar-refractivity contribution in [2.75, 3.05) is 19.8 Å². The van der Waals surface area contributed by atoms with Gasteiger partial charge in [-0.2, -0.15) is 0 Å². The first-order valence-corrected chi connectivity index (χ1v) is 14.9. The molecular formula is C37H42O3. The molecule has 208 valence electrons. The van der Waals surface area contributed by atoms with Gasteiger partial charge in [-0.25, -0.2) is 0 Å². The van der Waals surface area contributed by atoms with E-state index in [4.69, 9.17) is 14.2 Å². The first-order valence-electron chi connectivity index (χ1n) is 14.9. The fraction of sp³-hybridized carbons (Fsp3) is 0.351. The Morgan fingerprint density at radius 1 is 0.525 bits per heavy atom. The summed E-state index contributed by atoms with van der Waals surface area (Å²) in [4.78, 5) is 0. The molecule has 0 amide bonds. The maximum Gasteiger partial charge on any atom is 0.226 e. The van der Waals surface area contributed by atoms with Gasteiger partial charge in [-0.05, 0) is 90.1 Å². The molecule has 0 saturated carbocycles. The van der Waals surface area contributed by atoms with Gasteiger partial charge in [-0.15, -0.1) is 0 Å². The van der Waals surface area contributed by atoms with E-state index in [1.54, 1.807) is 0 Å². The van der Waals surface area contributed by atoms with Crippen molar-refractivity contribution in [1.82, 2.24) is 0 Å². The standard InChI is InChI=1S/C37H42O3/c1-4-18-38-36-17-16-33-25-31-13-8-11-29(23-31)21-28-10-7-12-30(22-28)24-32-14-9-15-34(26-32)37(35(36)27-33,39-19-5-2)40-20-6-3/h7-17,22-23,26-27H,4-6,18-21,24-25H2,1-3H3. The summed E-state index contributed by atoms with van der Waals surface area (Å²) in [5.74, 6) is -0.243. The third-order valence-electron chi connectivity index (χ3n) is 7.39. The highest BCUT2D eigenvalue weighted by Gasteiger charge is 2.40. The van der Waals surface area contributed by atoms with E-state index < -0.39 is 5.79 Å². The van der Waals surface area contributed by atoms with Crippen molar-refractivity contribution in [3.63, 3.8) is 0 Å². The molecule has 1 aliphatic rings. The Labute approximate surface area is 240 Å². The lowest BCUT2D eigenvalue weighted by atomic mass is 9.90. The van der Waals surface area contributed by atoms with Gasteiger partial charge in [0.2, 0.25) is 5.79 Å². The Kier molecular flexibility index (Phi) is 9.36. The van der Waals surface area contributed by atoms with E-state index in [1.807, 2.05) is 0 Å². The second kappa shape index (κ2) is 13.3. The van der Waals surface area contributed by atoms with Crippen molar-refractivity contribution in [3.8, 4) is 5.75 Å². The summed E-state index contributed by atoms with van der Waals surface area (Å²) in [5, 5.41) is 0. The first-order chi connectivity index (χ1) is 19.6. The van der Waals surface area contributed by atoms with E-state index in [-0.39, 0.29) is 0 Å². The zero-order valence-corrected chi connectivity index (χ0v) is 24.2. The van der Waals surface area contributed by atoms with E-state index in [2.05, 4.69) is 112 Å². The quantitative estimate of drug-likeness (QED) is 0.201. The van der Waals surface area contributed by atoms with E-state index >= 15 is 0 Å². The highest BCUT2D eigenvalue weighted by molar-refractivity contribution is 5.48. The van der Waals surface area contributed by atoms with Gasteiger partial charge in [0.1, 0.15) is 5.75 Å². The normalized spacial score (nSPS) is 14.1. The van der Waals surface area contributed by atoms with Crippen molar-refractivity contribution in [1.29, 1.82) is 0 Å². The summed E-state index contributed by atoms with van der Waals surface area (Å²) < 4.78 is 20.0. The van der Waals surface area contributed by atoms with Crippen LogP contribution < -0.4 is 4.74 Å². The largest absolute Gasteiger partial charge is 0.493 e. The molecule has 0 unspecified atom stereocenters. The van der Waals surface area contributed by atoms with E-state index in [9.17, 15) is 0 Å². The molecule has 4 aromatic rings. The second-order valence-corrected chi connectivity index (χ2v) is 10.9. The van der Waals surface area contributed by atoms with E-state index in [0.717, 1.165) is 55.4 Å². The Morgan fingerprint density at radius 2 is 1.00 bits per heavy atom. The van der Waals surface area contributed by atoms with Crippen LogP contribution in [0.3, 0.4) is 0 Å². The Morgan fingerprint density at radius 3 is 1.52 bits per heavy atom. The molecule has 5 rings (SSSR count).